The highest BCUT2D eigenvalue weighted by molar-refractivity contribution is 5.74. The number of nitrogens with zero attached hydrogens (tertiary/aromatic N) is 5. The molecule has 0 atom stereocenters. The van der Waals surface area contributed by atoms with Crippen molar-refractivity contribution >= 4 is 17.2 Å². The molecule has 8 heteroatoms. The van der Waals surface area contributed by atoms with E-state index in [1.807, 2.05) is 37.1 Å². The lowest BCUT2D eigenvalue weighted by atomic mass is 10.3. The van der Waals surface area contributed by atoms with Crippen molar-refractivity contribution in [2.75, 3.05) is 52.5 Å². The number of carbonyl (C=O) groups excluding carboxylic acids is 1. The van der Waals surface area contributed by atoms with Crippen LogP contribution in [0.4, 0.5) is 4.79 Å². The highest BCUT2D eigenvalue weighted by Gasteiger charge is 2.21. The predicted octanol–water partition coefficient (Wildman–Crippen LogP) is 1.49. The van der Waals surface area contributed by atoms with Crippen LogP contribution in [0.3, 0.4) is 0 Å². The maximum atomic E-state index is 12.2. The van der Waals surface area contributed by atoms with E-state index >= 15 is 0 Å². The summed E-state index contributed by atoms with van der Waals surface area (Å²) in [5, 5.41) is 2.98. The molecule has 1 saturated heterocycles. The van der Waals surface area contributed by atoms with E-state index in [4.69, 9.17) is 4.74 Å². The first-order valence-corrected chi connectivity index (χ1v) is 9.79. The van der Waals surface area contributed by atoms with Crippen molar-refractivity contribution in [1.82, 2.24) is 29.7 Å². The number of nitrogens with one attached hydrogen (secondary N) is 1. The van der Waals surface area contributed by atoms with E-state index in [0.29, 0.717) is 13.2 Å². The minimum atomic E-state index is 0.0341. The summed E-state index contributed by atoms with van der Waals surface area (Å²) < 4.78 is 7.46. The standard InChI is InChI=1S/C19H30N6O2/c1-3-27-15-5-8-21-19(26)24-12-9-23(10-13-24)11-14-25-16(2)22-17-6-4-7-20-18(17)25/h4,6-7H,3,5,8-15H2,1-2H3,(H,21,26). The van der Waals surface area contributed by atoms with E-state index in [1.54, 1.807) is 0 Å². The Morgan fingerprint density at radius 2 is 2.07 bits per heavy atom. The fourth-order valence-corrected chi connectivity index (χ4v) is 3.38. The van der Waals surface area contributed by atoms with Gasteiger partial charge in [-0.25, -0.2) is 14.8 Å². The number of piperazine rings is 1. The number of imidazole rings is 1. The van der Waals surface area contributed by atoms with Crippen LogP contribution in [-0.4, -0.2) is 82.8 Å². The summed E-state index contributed by atoms with van der Waals surface area (Å²) in [7, 11) is 0. The van der Waals surface area contributed by atoms with Gasteiger partial charge in [-0.3, -0.25) is 4.90 Å². The van der Waals surface area contributed by atoms with E-state index in [1.165, 1.54) is 0 Å². The minimum absolute atomic E-state index is 0.0341. The van der Waals surface area contributed by atoms with Crippen molar-refractivity contribution in [2.24, 2.45) is 0 Å². The summed E-state index contributed by atoms with van der Waals surface area (Å²) >= 11 is 0. The third-order valence-corrected chi connectivity index (χ3v) is 4.94. The third kappa shape index (κ3) is 5.17. The van der Waals surface area contributed by atoms with Crippen molar-refractivity contribution in [2.45, 2.75) is 26.8 Å². The van der Waals surface area contributed by atoms with Gasteiger partial charge in [0.25, 0.3) is 0 Å². The van der Waals surface area contributed by atoms with Crippen LogP contribution in [0.15, 0.2) is 18.3 Å². The molecule has 2 aromatic heterocycles. The zero-order valence-electron chi connectivity index (χ0n) is 16.4. The summed E-state index contributed by atoms with van der Waals surface area (Å²) in [6, 6.07) is 3.95. The van der Waals surface area contributed by atoms with Crippen LogP contribution in [0.1, 0.15) is 19.2 Å². The number of carbonyl (C=O) groups is 1. The normalized spacial score (nSPS) is 15.4. The molecule has 0 unspecified atom stereocenters. The summed E-state index contributed by atoms with van der Waals surface area (Å²) in [6.45, 7) is 11.2. The molecule has 8 nitrogen and oxygen atoms in total. The molecule has 0 spiro atoms. The van der Waals surface area contributed by atoms with Gasteiger partial charge in [0.15, 0.2) is 5.65 Å². The summed E-state index contributed by atoms with van der Waals surface area (Å²) in [5.74, 6) is 0.994. The molecular weight excluding hydrogens is 344 g/mol. The highest BCUT2D eigenvalue weighted by atomic mass is 16.5. The van der Waals surface area contributed by atoms with Gasteiger partial charge in [-0.2, -0.15) is 0 Å². The number of pyridine rings is 1. The number of amides is 2. The first-order chi connectivity index (χ1) is 13.2. The molecule has 0 saturated carbocycles. The molecule has 2 aromatic rings. The maximum absolute atomic E-state index is 12.2. The average Bonchev–Trinajstić information content (AvgIpc) is 3.01. The second-order valence-corrected chi connectivity index (χ2v) is 6.77. The largest absolute Gasteiger partial charge is 0.382 e. The number of rotatable bonds is 8. The van der Waals surface area contributed by atoms with Crippen LogP contribution in [0, 0.1) is 6.92 Å². The Morgan fingerprint density at radius 3 is 2.85 bits per heavy atom. The van der Waals surface area contributed by atoms with Gasteiger partial charge >= 0.3 is 6.03 Å². The third-order valence-electron chi connectivity index (χ3n) is 4.94. The lowest BCUT2D eigenvalue weighted by Crippen LogP contribution is -2.52. The van der Waals surface area contributed by atoms with E-state index in [2.05, 4.69) is 24.8 Å². The van der Waals surface area contributed by atoms with Crippen LogP contribution in [0.25, 0.3) is 11.2 Å². The van der Waals surface area contributed by atoms with Crippen LogP contribution in [-0.2, 0) is 11.3 Å². The quantitative estimate of drug-likeness (QED) is 0.709. The average molecular weight is 374 g/mol. The lowest BCUT2D eigenvalue weighted by Gasteiger charge is -2.34. The van der Waals surface area contributed by atoms with Crippen LogP contribution >= 0.6 is 0 Å². The zero-order chi connectivity index (χ0) is 19.1. The second-order valence-electron chi connectivity index (χ2n) is 6.77. The highest BCUT2D eigenvalue weighted by Crippen LogP contribution is 2.13. The Hall–Kier alpha value is -2.19. The van der Waals surface area contributed by atoms with Crippen LogP contribution < -0.4 is 5.32 Å². The fourth-order valence-electron chi connectivity index (χ4n) is 3.38. The van der Waals surface area contributed by atoms with E-state index in [0.717, 1.165) is 69.3 Å². The van der Waals surface area contributed by atoms with Gasteiger partial charge < -0.3 is 19.5 Å². The number of hydrogen-bond acceptors (Lipinski definition) is 5. The van der Waals surface area contributed by atoms with Crippen molar-refractivity contribution in [1.29, 1.82) is 0 Å². The number of hydrogen-bond donors (Lipinski definition) is 1. The van der Waals surface area contributed by atoms with E-state index < -0.39 is 0 Å². The Labute approximate surface area is 160 Å². The minimum Gasteiger partial charge on any atom is -0.382 e. The van der Waals surface area contributed by atoms with Gasteiger partial charge in [0.1, 0.15) is 11.3 Å². The molecule has 1 fully saturated rings. The zero-order valence-corrected chi connectivity index (χ0v) is 16.4. The molecule has 3 rings (SSSR count). The molecular formula is C19H30N6O2. The maximum Gasteiger partial charge on any atom is 0.317 e. The summed E-state index contributed by atoms with van der Waals surface area (Å²) in [4.78, 5) is 25.5. The van der Waals surface area contributed by atoms with Crippen molar-refractivity contribution < 1.29 is 9.53 Å². The molecule has 1 aliphatic heterocycles. The van der Waals surface area contributed by atoms with E-state index in [-0.39, 0.29) is 6.03 Å². The van der Waals surface area contributed by atoms with E-state index in [9.17, 15) is 4.79 Å². The summed E-state index contributed by atoms with van der Waals surface area (Å²) in [5.41, 5.74) is 1.89. The molecule has 0 bridgehead atoms. The number of aryl methyl sites for hydroxylation is 1. The van der Waals surface area contributed by atoms with Crippen molar-refractivity contribution in [3.05, 3.63) is 24.2 Å². The van der Waals surface area contributed by atoms with Gasteiger partial charge in [-0.15, -0.1) is 0 Å². The Bertz CT molecular complexity index is 739. The molecule has 0 aliphatic carbocycles. The first-order valence-electron chi connectivity index (χ1n) is 9.79. The predicted molar refractivity (Wildman–Crippen MR) is 105 cm³/mol. The van der Waals surface area contributed by atoms with Gasteiger partial charge in [-0.05, 0) is 32.4 Å². The SMILES string of the molecule is CCOCCCNC(=O)N1CCN(CCn2c(C)nc3cccnc32)CC1. The number of aromatic nitrogens is 3. The fraction of sp³-hybridized carbons (Fsp3) is 0.632. The second kappa shape index (κ2) is 9.66. The summed E-state index contributed by atoms with van der Waals surface area (Å²) in [6.07, 6.45) is 2.66. The van der Waals surface area contributed by atoms with Gasteiger partial charge in [-0.1, -0.05) is 0 Å². The smallest absolute Gasteiger partial charge is 0.317 e. The van der Waals surface area contributed by atoms with Crippen molar-refractivity contribution in [3.63, 3.8) is 0 Å². The van der Waals surface area contributed by atoms with Gasteiger partial charge in [0.05, 0.1) is 0 Å². The molecule has 148 valence electrons. The number of urea groups is 1. The molecule has 1 aliphatic rings. The Kier molecular flexibility index (Phi) is 7.00. The van der Waals surface area contributed by atoms with Crippen molar-refractivity contribution in [3.8, 4) is 0 Å². The molecule has 1 N–H and O–H groups in total. The Balaban J connectivity index is 1.40. The van der Waals surface area contributed by atoms with Gasteiger partial charge in [0.2, 0.25) is 0 Å². The molecule has 0 aromatic carbocycles. The Morgan fingerprint density at radius 1 is 1.26 bits per heavy atom. The molecule has 3 heterocycles. The van der Waals surface area contributed by atoms with Crippen LogP contribution in [0.2, 0.25) is 0 Å². The molecule has 0 radical (unpaired) electrons. The number of fused-ring (bicyclic) bond motifs is 1. The van der Waals surface area contributed by atoms with Gasteiger partial charge in [0, 0.05) is 65.2 Å². The molecule has 27 heavy (non-hydrogen) atoms. The first kappa shape index (κ1) is 19.6. The number of ether oxygens (including phenoxy) is 1. The lowest BCUT2D eigenvalue weighted by molar-refractivity contribution is 0.132. The monoisotopic (exact) mass is 374 g/mol. The topological polar surface area (TPSA) is 75.5 Å². The van der Waals surface area contributed by atoms with Crippen LogP contribution in [0.5, 0.6) is 0 Å². The molecule has 2 amide bonds.